The van der Waals surface area contributed by atoms with E-state index >= 15 is 0 Å². The molecule has 4 aromatic carbocycles. The highest BCUT2D eigenvalue weighted by Gasteiger charge is 2.40. The Balaban J connectivity index is 1.47. The number of nitrogens with zero attached hydrogens (tertiary/aromatic N) is 2. The average Bonchev–Trinajstić information content (AvgIpc) is 3.22. The lowest BCUT2D eigenvalue weighted by molar-refractivity contribution is -0.127. The first-order valence-corrected chi connectivity index (χ1v) is 12.1. The standard InChI is InChI=1S/C31H25F2N3O2/c1-20-28(29(37)34-26-15-9-14-25(19-26)31(2,32)33)30(38)36(35-20)27-17-23(21-10-5-3-6-11-21)16-24(18-27)22-12-7-4-8-13-22/h3-19,28H,1-2H3,(H,34,37). The molecule has 1 aliphatic rings. The number of amides is 2. The van der Waals surface area contributed by atoms with E-state index < -0.39 is 23.7 Å². The van der Waals surface area contributed by atoms with Crippen molar-refractivity contribution in [2.75, 3.05) is 10.3 Å². The minimum atomic E-state index is -3.06. The lowest BCUT2D eigenvalue weighted by atomic mass is 9.97. The van der Waals surface area contributed by atoms with Gasteiger partial charge in [0.25, 0.3) is 11.8 Å². The molecule has 1 unspecified atom stereocenters. The molecular formula is C31H25F2N3O2. The highest BCUT2D eigenvalue weighted by Crippen LogP contribution is 2.35. The van der Waals surface area contributed by atoms with Gasteiger partial charge in [-0.15, -0.1) is 0 Å². The molecule has 0 radical (unpaired) electrons. The van der Waals surface area contributed by atoms with Crippen LogP contribution in [0.1, 0.15) is 19.4 Å². The minimum Gasteiger partial charge on any atom is -0.325 e. The second kappa shape index (κ2) is 10.0. The van der Waals surface area contributed by atoms with Gasteiger partial charge >= 0.3 is 0 Å². The Morgan fingerprint density at radius 1 is 0.816 bits per heavy atom. The van der Waals surface area contributed by atoms with Crippen molar-refractivity contribution in [2.45, 2.75) is 19.8 Å². The Morgan fingerprint density at radius 2 is 1.39 bits per heavy atom. The lowest BCUT2D eigenvalue weighted by Gasteiger charge is -2.18. The van der Waals surface area contributed by atoms with Crippen molar-refractivity contribution in [2.24, 2.45) is 11.0 Å². The third kappa shape index (κ3) is 5.09. The molecule has 0 fully saturated rings. The SMILES string of the molecule is CC1=NN(c2cc(-c3ccccc3)cc(-c3ccccc3)c2)C(=O)C1C(=O)Nc1cccc(C(C)(F)F)c1. The average molecular weight is 510 g/mol. The predicted molar refractivity (Wildman–Crippen MR) is 146 cm³/mol. The van der Waals surface area contributed by atoms with Gasteiger partial charge in [-0.25, -0.2) is 8.78 Å². The number of hydrogen-bond acceptors (Lipinski definition) is 3. The number of rotatable bonds is 6. The number of hydrogen-bond donors (Lipinski definition) is 1. The van der Waals surface area contributed by atoms with Crippen LogP contribution < -0.4 is 10.3 Å². The Hall–Kier alpha value is -4.65. The fourth-order valence-corrected chi connectivity index (χ4v) is 4.47. The molecule has 0 spiro atoms. The fraction of sp³-hybridized carbons (Fsp3) is 0.129. The molecule has 1 aliphatic heterocycles. The smallest absolute Gasteiger partial charge is 0.270 e. The molecule has 0 saturated heterocycles. The summed E-state index contributed by atoms with van der Waals surface area (Å²) in [6.07, 6.45) is 0. The van der Waals surface area contributed by atoms with E-state index in [-0.39, 0.29) is 11.3 Å². The molecule has 38 heavy (non-hydrogen) atoms. The molecule has 0 aliphatic carbocycles. The normalized spacial score (nSPS) is 15.4. The third-order valence-corrected chi connectivity index (χ3v) is 6.41. The van der Waals surface area contributed by atoms with Gasteiger partial charge in [0.15, 0.2) is 5.92 Å². The number of benzene rings is 4. The second-order valence-electron chi connectivity index (χ2n) is 9.28. The van der Waals surface area contributed by atoms with Crippen molar-refractivity contribution in [1.82, 2.24) is 0 Å². The Labute approximate surface area is 219 Å². The maximum absolute atomic E-state index is 13.8. The zero-order chi connectivity index (χ0) is 26.9. The summed E-state index contributed by atoms with van der Waals surface area (Å²) in [7, 11) is 0. The van der Waals surface area contributed by atoms with Crippen LogP contribution in [0.5, 0.6) is 0 Å². The largest absolute Gasteiger partial charge is 0.325 e. The summed E-state index contributed by atoms with van der Waals surface area (Å²) in [5.41, 5.74) is 4.53. The number of anilines is 2. The third-order valence-electron chi connectivity index (χ3n) is 6.41. The van der Waals surface area contributed by atoms with Gasteiger partial charge in [-0.3, -0.25) is 9.59 Å². The van der Waals surface area contributed by atoms with E-state index in [1.807, 2.05) is 78.9 Å². The number of nitrogens with one attached hydrogen (secondary N) is 1. The van der Waals surface area contributed by atoms with Crippen LogP contribution in [-0.4, -0.2) is 17.5 Å². The van der Waals surface area contributed by atoms with E-state index in [2.05, 4.69) is 10.4 Å². The van der Waals surface area contributed by atoms with Crippen molar-refractivity contribution >= 4 is 28.9 Å². The quantitative estimate of drug-likeness (QED) is 0.282. The number of carbonyl (C=O) groups is 2. The van der Waals surface area contributed by atoms with Gasteiger partial charge in [0.1, 0.15) is 0 Å². The molecule has 1 N–H and O–H groups in total. The van der Waals surface area contributed by atoms with Gasteiger partial charge in [-0.2, -0.15) is 10.1 Å². The lowest BCUT2D eigenvalue weighted by Crippen LogP contribution is -2.36. The maximum Gasteiger partial charge on any atom is 0.270 e. The molecule has 0 saturated carbocycles. The van der Waals surface area contributed by atoms with Crippen molar-refractivity contribution in [3.8, 4) is 22.3 Å². The summed E-state index contributed by atoms with van der Waals surface area (Å²) in [5, 5.41) is 8.28. The van der Waals surface area contributed by atoms with Gasteiger partial charge in [0.2, 0.25) is 5.91 Å². The fourth-order valence-electron chi connectivity index (χ4n) is 4.47. The van der Waals surface area contributed by atoms with E-state index in [0.717, 1.165) is 29.2 Å². The number of carbonyl (C=O) groups excluding carboxylic acids is 2. The molecule has 0 bridgehead atoms. The summed E-state index contributed by atoms with van der Waals surface area (Å²) in [5.74, 6) is -5.38. The molecule has 5 rings (SSSR count). The maximum atomic E-state index is 13.8. The first-order chi connectivity index (χ1) is 18.2. The summed E-state index contributed by atoms with van der Waals surface area (Å²) in [6, 6.07) is 30.8. The van der Waals surface area contributed by atoms with Gasteiger partial charge in [-0.05, 0) is 59.5 Å². The predicted octanol–water partition coefficient (Wildman–Crippen LogP) is 7.11. The van der Waals surface area contributed by atoms with Gasteiger partial charge < -0.3 is 5.32 Å². The van der Waals surface area contributed by atoms with Crippen LogP contribution in [0, 0.1) is 5.92 Å². The van der Waals surface area contributed by atoms with Crippen LogP contribution >= 0.6 is 0 Å². The Kier molecular flexibility index (Phi) is 6.59. The number of alkyl halides is 2. The Bertz CT molecular complexity index is 1470. The number of hydrazone groups is 1. The van der Waals surface area contributed by atoms with Gasteiger partial charge in [-0.1, -0.05) is 72.8 Å². The molecule has 2 amide bonds. The van der Waals surface area contributed by atoms with E-state index in [1.165, 1.54) is 29.3 Å². The highest BCUT2D eigenvalue weighted by molar-refractivity contribution is 6.28. The van der Waals surface area contributed by atoms with Crippen LogP contribution in [0.4, 0.5) is 20.2 Å². The topological polar surface area (TPSA) is 61.8 Å². The summed E-state index contributed by atoms with van der Waals surface area (Å²) in [4.78, 5) is 26.6. The molecule has 5 nitrogen and oxygen atoms in total. The first-order valence-electron chi connectivity index (χ1n) is 12.1. The molecular weight excluding hydrogens is 484 g/mol. The first kappa shape index (κ1) is 25.0. The van der Waals surface area contributed by atoms with Crippen molar-refractivity contribution in [3.05, 3.63) is 109 Å². The summed E-state index contributed by atoms with van der Waals surface area (Å²) < 4.78 is 27.5. The van der Waals surface area contributed by atoms with Gasteiger partial charge in [0.05, 0.1) is 11.4 Å². The highest BCUT2D eigenvalue weighted by atomic mass is 19.3. The van der Waals surface area contributed by atoms with Crippen molar-refractivity contribution in [3.63, 3.8) is 0 Å². The summed E-state index contributed by atoms with van der Waals surface area (Å²) >= 11 is 0. The molecule has 0 aromatic heterocycles. The van der Waals surface area contributed by atoms with Gasteiger partial charge in [0, 0.05) is 18.2 Å². The molecule has 1 heterocycles. The van der Waals surface area contributed by atoms with Crippen LogP contribution in [0.3, 0.4) is 0 Å². The van der Waals surface area contributed by atoms with Crippen LogP contribution in [0.15, 0.2) is 108 Å². The van der Waals surface area contributed by atoms with Crippen molar-refractivity contribution in [1.29, 1.82) is 0 Å². The zero-order valence-electron chi connectivity index (χ0n) is 20.9. The molecule has 1 atom stereocenters. The van der Waals surface area contributed by atoms with E-state index in [0.29, 0.717) is 11.4 Å². The second-order valence-corrected chi connectivity index (χ2v) is 9.28. The van der Waals surface area contributed by atoms with Crippen LogP contribution in [0.2, 0.25) is 0 Å². The molecule has 4 aromatic rings. The molecule has 190 valence electrons. The van der Waals surface area contributed by atoms with E-state index in [4.69, 9.17) is 0 Å². The zero-order valence-corrected chi connectivity index (χ0v) is 20.9. The number of halogens is 2. The van der Waals surface area contributed by atoms with Crippen LogP contribution in [-0.2, 0) is 15.5 Å². The molecule has 7 heteroatoms. The minimum absolute atomic E-state index is 0.186. The van der Waals surface area contributed by atoms with Crippen molar-refractivity contribution < 1.29 is 18.4 Å². The summed E-state index contributed by atoms with van der Waals surface area (Å²) in [6.45, 7) is 2.40. The monoisotopic (exact) mass is 509 g/mol. The van der Waals surface area contributed by atoms with E-state index in [1.54, 1.807) is 6.92 Å². The van der Waals surface area contributed by atoms with E-state index in [9.17, 15) is 18.4 Å². The Morgan fingerprint density at radius 3 is 1.95 bits per heavy atom. The van der Waals surface area contributed by atoms with Crippen LogP contribution in [0.25, 0.3) is 22.3 Å².